The molecule has 0 spiro atoms. The summed E-state index contributed by atoms with van der Waals surface area (Å²) in [5, 5.41) is 1.19. The van der Waals surface area contributed by atoms with Crippen molar-refractivity contribution in [1.82, 2.24) is 0 Å². The maximum atomic E-state index is 11.9. The number of aryl methyl sites for hydroxylation is 2. The van der Waals surface area contributed by atoms with Crippen LogP contribution in [0.5, 0.6) is 0 Å². The smallest absolute Gasteiger partial charge is 0.224 e. The number of hydrogen-bond donors (Lipinski definition) is 0. The zero-order valence-corrected chi connectivity index (χ0v) is 12.1. The number of rotatable bonds is 2. The van der Waals surface area contributed by atoms with Gasteiger partial charge in [0.05, 0.1) is 11.8 Å². The van der Waals surface area contributed by atoms with Gasteiger partial charge in [0, 0.05) is 18.0 Å². The topological polar surface area (TPSA) is 54.5 Å². The van der Waals surface area contributed by atoms with Crippen LogP contribution in [0.4, 0.5) is 5.69 Å². The Morgan fingerprint density at radius 3 is 2.47 bits per heavy atom. The van der Waals surface area contributed by atoms with E-state index in [0.29, 0.717) is 0 Å². The zero-order chi connectivity index (χ0) is 14.2. The third-order valence-electron chi connectivity index (χ3n) is 3.19. The lowest BCUT2D eigenvalue weighted by Crippen LogP contribution is -2.40. The van der Waals surface area contributed by atoms with Crippen molar-refractivity contribution in [2.45, 2.75) is 26.8 Å². The molecule has 0 radical (unpaired) electrons. The van der Waals surface area contributed by atoms with E-state index < -0.39 is 15.9 Å². The molecule has 0 fully saturated rings. The van der Waals surface area contributed by atoms with E-state index in [0.717, 1.165) is 16.8 Å². The molecule has 0 N–H and O–H groups in total. The number of nitrogens with zero attached hydrogens (tertiary/aromatic N) is 1. The first-order valence-corrected chi connectivity index (χ1v) is 7.80. The minimum atomic E-state index is -3.18. The minimum Gasteiger partial charge on any atom is -0.304 e. The van der Waals surface area contributed by atoms with Crippen molar-refractivity contribution in [3.05, 3.63) is 40.8 Å². The largest absolute Gasteiger partial charge is 0.304 e. The average Bonchev–Trinajstić information content (AvgIpc) is 2.62. The van der Waals surface area contributed by atoms with Crippen LogP contribution in [0.3, 0.4) is 0 Å². The molecule has 1 aliphatic rings. The molecule has 0 aromatic heterocycles. The Bertz CT molecular complexity index is 647. The van der Waals surface area contributed by atoms with Crippen LogP contribution in [0.15, 0.2) is 29.7 Å². The summed E-state index contributed by atoms with van der Waals surface area (Å²) in [5.41, 5.74) is 2.84. The summed E-state index contributed by atoms with van der Waals surface area (Å²) in [6, 6.07) is 5.36. The van der Waals surface area contributed by atoms with Gasteiger partial charge in [-0.15, -0.1) is 0 Å². The maximum absolute atomic E-state index is 11.9. The second kappa shape index (κ2) is 4.81. The first kappa shape index (κ1) is 13.8. The summed E-state index contributed by atoms with van der Waals surface area (Å²) in [7, 11) is -3.18. The van der Waals surface area contributed by atoms with Gasteiger partial charge in [0.2, 0.25) is 5.91 Å². The van der Waals surface area contributed by atoms with Gasteiger partial charge in [-0.1, -0.05) is 17.7 Å². The van der Waals surface area contributed by atoms with Crippen LogP contribution in [0.25, 0.3) is 0 Å². The predicted octanol–water partition coefficient (Wildman–Crippen LogP) is 1.97. The third kappa shape index (κ3) is 2.87. The number of anilines is 1. The third-order valence-corrected chi connectivity index (χ3v) is 4.57. The van der Waals surface area contributed by atoms with Crippen LogP contribution < -0.4 is 4.90 Å². The normalized spacial score (nSPS) is 20.5. The summed E-state index contributed by atoms with van der Waals surface area (Å²) in [5.74, 6) is -0.196. The van der Waals surface area contributed by atoms with Crippen molar-refractivity contribution >= 4 is 21.4 Å². The van der Waals surface area contributed by atoms with Gasteiger partial charge in [-0.05, 0) is 31.6 Å². The average molecular weight is 279 g/mol. The van der Waals surface area contributed by atoms with Crippen molar-refractivity contribution in [2.24, 2.45) is 0 Å². The van der Waals surface area contributed by atoms with E-state index in [-0.39, 0.29) is 11.7 Å². The quantitative estimate of drug-likeness (QED) is 0.831. The molecule has 1 aromatic rings. The number of carbonyl (C=O) groups excluding carboxylic acids is 1. The number of sulfone groups is 1. The molecule has 2 rings (SSSR count). The fraction of sp³-hybridized carbons (Fsp3) is 0.357. The maximum Gasteiger partial charge on any atom is 0.224 e. The van der Waals surface area contributed by atoms with Gasteiger partial charge in [0.1, 0.15) is 0 Å². The van der Waals surface area contributed by atoms with Gasteiger partial charge in [-0.2, -0.15) is 0 Å². The van der Waals surface area contributed by atoms with Crippen LogP contribution in [0.1, 0.15) is 18.1 Å². The van der Waals surface area contributed by atoms with Gasteiger partial charge >= 0.3 is 0 Å². The molecule has 1 atom stereocenters. The summed E-state index contributed by atoms with van der Waals surface area (Å²) < 4.78 is 23.0. The SMILES string of the molecule is CC(=O)N(c1ccc(C)cc1C)C1C=CS(=O)(=O)C1. The lowest BCUT2D eigenvalue weighted by atomic mass is 10.1. The number of amides is 1. The Morgan fingerprint density at radius 2 is 2.00 bits per heavy atom. The van der Waals surface area contributed by atoms with Crippen molar-refractivity contribution in [2.75, 3.05) is 10.7 Å². The lowest BCUT2D eigenvalue weighted by Gasteiger charge is -2.28. The Hall–Kier alpha value is -1.62. The van der Waals surface area contributed by atoms with E-state index in [1.165, 1.54) is 12.3 Å². The summed E-state index contributed by atoms with van der Waals surface area (Å²) >= 11 is 0. The van der Waals surface area contributed by atoms with Crippen LogP contribution in [0.2, 0.25) is 0 Å². The molecule has 19 heavy (non-hydrogen) atoms. The molecular formula is C14H17NO3S. The van der Waals surface area contributed by atoms with Crippen LogP contribution in [0, 0.1) is 13.8 Å². The molecule has 102 valence electrons. The number of benzene rings is 1. The fourth-order valence-electron chi connectivity index (χ4n) is 2.38. The fourth-order valence-corrected chi connectivity index (χ4v) is 3.65. The molecular weight excluding hydrogens is 262 g/mol. The highest BCUT2D eigenvalue weighted by molar-refractivity contribution is 7.94. The van der Waals surface area contributed by atoms with Crippen molar-refractivity contribution in [3.63, 3.8) is 0 Å². The van der Waals surface area contributed by atoms with Crippen molar-refractivity contribution in [1.29, 1.82) is 0 Å². The van der Waals surface area contributed by atoms with Gasteiger partial charge in [0.25, 0.3) is 0 Å². The second-order valence-corrected chi connectivity index (χ2v) is 6.84. The predicted molar refractivity (Wildman–Crippen MR) is 75.8 cm³/mol. The van der Waals surface area contributed by atoms with E-state index >= 15 is 0 Å². The first-order valence-electron chi connectivity index (χ1n) is 6.08. The standard InChI is InChI=1S/C14H17NO3S/c1-10-4-5-14(11(2)8-10)15(12(3)16)13-6-7-19(17,18)9-13/h4-8,13H,9H2,1-3H3. The number of carbonyl (C=O) groups is 1. The van der Waals surface area contributed by atoms with E-state index in [1.807, 2.05) is 32.0 Å². The lowest BCUT2D eigenvalue weighted by molar-refractivity contribution is -0.116. The Balaban J connectivity index is 2.42. The van der Waals surface area contributed by atoms with Gasteiger partial charge < -0.3 is 4.90 Å². The molecule has 0 saturated heterocycles. The monoisotopic (exact) mass is 279 g/mol. The molecule has 0 saturated carbocycles. The first-order chi connectivity index (χ1) is 8.80. The van der Waals surface area contributed by atoms with Gasteiger partial charge in [0.15, 0.2) is 9.84 Å². The highest BCUT2D eigenvalue weighted by Gasteiger charge is 2.30. The van der Waals surface area contributed by atoms with E-state index in [4.69, 9.17) is 0 Å². The van der Waals surface area contributed by atoms with Crippen molar-refractivity contribution in [3.8, 4) is 0 Å². The molecule has 0 bridgehead atoms. The molecule has 1 amide bonds. The molecule has 0 aliphatic carbocycles. The minimum absolute atomic E-state index is 0.0418. The van der Waals surface area contributed by atoms with Crippen LogP contribution in [-0.2, 0) is 14.6 Å². The molecule has 4 nitrogen and oxygen atoms in total. The van der Waals surface area contributed by atoms with Gasteiger partial charge in [-0.3, -0.25) is 4.79 Å². The Labute approximate surface area is 113 Å². The Morgan fingerprint density at radius 1 is 1.32 bits per heavy atom. The molecule has 1 heterocycles. The van der Waals surface area contributed by atoms with E-state index in [1.54, 1.807) is 11.0 Å². The summed E-state index contributed by atoms with van der Waals surface area (Å²) in [6.45, 7) is 5.36. The molecule has 1 aromatic carbocycles. The zero-order valence-electron chi connectivity index (χ0n) is 11.3. The highest BCUT2D eigenvalue weighted by atomic mass is 32.2. The number of hydrogen-bond acceptors (Lipinski definition) is 3. The van der Waals surface area contributed by atoms with E-state index in [2.05, 4.69) is 0 Å². The van der Waals surface area contributed by atoms with E-state index in [9.17, 15) is 13.2 Å². The molecule has 1 aliphatic heterocycles. The highest BCUT2D eigenvalue weighted by Crippen LogP contribution is 2.26. The van der Waals surface area contributed by atoms with Crippen LogP contribution >= 0.6 is 0 Å². The Kier molecular flexibility index (Phi) is 3.49. The summed E-state index contributed by atoms with van der Waals surface area (Å²) in [4.78, 5) is 13.4. The van der Waals surface area contributed by atoms with Crippen LogP contribution in [-0.4, -0.2) is 26.1 Å². The molecule has 5 heteroatoms. The molecule has 1 unspecified atom stereocenters. The van der Waals surface area contributed by atoms with Gasteiger partial charge in [-0.25, -0.2) is 8.42 Å². The van der Waals surface area contributed by atoms with Crippen molar-refractivity contribution < 1.29 is 13.2 Å². The second-order valence-electron chi connectivity index (χ2n) is 4.90. The summed E-state index contributed by atoms with van der Waals surface area (Å²) in [6.07, 6.45) is 1.58.